The third-order valence-electron chi connectivity index (χ3n) is 4.76. The largest absolute Gasteiger partial charge is 0.478 e. The zero-order valence-electron chi connectivity index (χ0n) is 17.0. The van der Waals surface area contributed by atoms with Crippen molar-refractivity contribution in [3.63, 3.8) is 0 Å². The Labute approximate surface area is 173 Å². The maximum atomic E-state index is 14.3. The van der Waals surface area contributed by atoms with Crippen LogP contribution in [0.15, 0.2) is 42.7 Å². The van der Waals surface area contributed by atoms with Crippen LogP contribution in [0.5, 0.6) is 0 Å². The standard InChI is InChI=1S/C22H24F2N4O2/c1-3-5-19-26-21(22(23,24)11-4-2)27-28(19)14-15-6-8-16(9-7-15)17-10-12-25-13-18(17)20(29)30/h6-10,12-13H,3-5,11,14H2,1-2H3,(H,29,30). The first-order valence-corrected chi connectivity index (χ1v) is 9.94. The Hall–Kier alpha value is -3.16. The summed E-state index contributed by atoms with van der Waals surface area (Å²) < 4.78 is 30.1. The van der Waals surface area contributed by atoms with Gasteiger partial charge in [-0.15, -0.1) is 5.10 Å². The van der Waals surface area contributed by atoms with Gasteiger partial charge in [0.1, 0.15) is 5.82 Å². The molecule has 0 saturated heterocycles. The van der Waals surface area contributed by atoms with E-state index in [2.05, 4.69) is 15.1 Å². The number of aromatic carboxylic acids is 1. The Balaban J connectivity index is 1.87. The van der Waals surface area contributed by atoms with Gasteiger partial charge in [-0.05, 0) is 35.6 Å². The SMILES string of the molecule is CCCc1nc(C(F)(F)CCC)nn1Cc1ccc(-c2ccncc2C(=O)O)cc1. The van der Waals surface area contributed by atoms with E-state index >= 15 is 0 Å². The van der Waals surface area contributed by atoms with Gasteiger partial charge in [-0.3, -0.25) is 4.98 Å². The molecule has 0 spiro atoms. The maximum Gasteiger partial charge on any atom is 0.337 e. The molecule has 0 aliphatic rings. The highest BCUT2D eigenvalue weighted by Gasteiger charge is 2.36. The lowest BCUT2D eigenvalue weighted by molar-refractivity contribution is -0.0232. The first-order chi connectivity index (χ1) is 14.4. The van der Waals surface area contributed by atoms with Crippen LogP contribution in [0.3, 0.4) is 0 Å². The monoisotopic (exact) mass is 414 g/mol. The van der Waals surface area contributed by atoms with Gasteiger partial charge in [0.2, 0.25) is 5.82 Å². The van der Waals surface area contributed by atoms with E-state index in [1.54, 1.807) is 31.3 Å². The van der Waals surface area contributed by atoms with Crippen molar-refractivity contribution in [2.45, 2.75) is 52.0 Å². The molecule has 8 heteroatoms. The highest BCUT2D eigenvalue weighted by Crippen LogP contribution is 2.31. The number of carbonyl (C=O) groups is 1. The molecule has 0 aliphatic carbocycles. The highest BCUT2D eigenvalue weighted by molar-refractivity contribution is 5.95. The number of hydrogen-bond acceptors (Lipinski definition) is 4. The van der Waals surface area contributed by atoms with E-state index in [0.717, 1.165) is 17.5 Å². The Morgan fingerprint density at radius 1 is 1.13 bits per heavy atom. The van der Waals surface area contributed by atoms with Gasteiger partial charge in [-0.2, -0.15) is 8.78 Å². The van der Waals surface area contributed by atoms with Crippen molar-refractivity contribution in [1.82, 2.24) is 19.7 Å². The van der Waals surface area contributed by atoms with Crippen LogP contribution in [0, 0.1) is 0 Å². The van der Waals surface area contributed by atoms with E-state index in [-0.39, 0.29) is 12.0 Å². The molecule has 2 heterocycles. The molecule has 3 aromatic rings. The first kappa shape index (κ1) is 21.5. The molecule has 2 aromatic heterocycles. The van der Waals surface area contributed by atoms with Crippen molar-refractivity contribution in [3.05, 3.63) is 65.5 Å². The number of hydrogen-bond donors (Lipinski definition) is 1. The van der Waals surface area contributed by atoms with Crippen LogP contribution in [-0.4, -0.2) is 30.8 Å². The van der Waals surface area contributed by atoms with Crippen LogP contribution in [0.4, 0.5) is 8.78 Å². The zero-order chi connectivity index (χ0) is 21.7. The number of benzene rings is 1. The summed E-state index contributed by atoms with van der Waals surface area (Å²) in [6.45, 7) is 3.98. The van der Waals surface area contributed by atoms with Crippen LogP contribution < -0.4 is 0 Å². The smallest absolute Gasteiger partial charge is 0.337 e. The molecule has 1 N–H and O–H groups in total. The minimum atomic E-state index is -3.04. The van der Waals surface area contributed by atoms with Gasteiger partial charge in [0, 0.05) is 25.2 Å². The third kappa shape index (κ3) is 4.69. The predicted octanol–water partition coefficient (Wildman–Crippen LogP) is 4.93. The van der Waals surface area contributed by atoms with Crippen LogP contribution in [0.2, 0.25) is 0 Å². The van der Waals surface area contributed by atoms with Gasteiger partial charge in [0.25, 0.3) is 0 Å². The van der Waals surface area contributed by atoms with Crippen LogP contribution in [-0.2, 0) is 18.9 Å². The molecule has 0 radical (unpaired) electrons. The minimum absolute atomic E-state index is 0.120. The molecule has 0 bridgehead atoms. The third-order valence-corrected chi connectivity index (χ3v) is 4.76. The van der Waals surface area contributed by atoms with Crippen LogP contribution in [0.1, 0.15) is 60.7 Å². The molecule has 0 fully saturated rings. The van der Waals surface area contributed by atoms with Gasteiger partial charge in [-0.25, -0.2) is 14.5 Å². The first-order valence-electron chi connectivity index (χ1n) is 9.94. The van der Waals surface area contributed by atoms with E-state index in [0.29, 0.717) is 30.8 Å². The van der Waals surface area contributed by atoms with E-state index in [4.69, 9.17) is 0 Å². The summed E-state index contributed by atoms with van der Waals surface area (Å²) in [5.74, 6) is -3.97. The second-order valence-electron chi connectivity index (χ2n) is 7.14. The Morgan fingerprint density at radius 2 is 1.87 bits per heavy atom. The summed E-state index contributed by atoms with van der Waals surface area (Å²) in [4.78, 5) is 19.4. The molecule has 3 rings (SSSR count). The van der Waals surface area contributed by atoms with E-state index < -0.39 is 17.7 Å². The molecular weight excluding hydrogens is 390 g/mol. The van der Waals surface area contributed by atoms with Crippen LogP contribution >= 0.6 is 0 Å². The number of aryl methyl sites for hydroxylation is 1. The van der Waals surface area contributed by atoms with Gasteiger partial charge < -0.3 is 5.11 Å². The maximum absolute atomic E-state index is 14.3. The number of alkyl halides is 2. The highest BCUT2D eigenvalue weighted by atomic mass is 19.3. The summed E-state index contributed by atoms with van der Waals surface area (Å²) >= 11 is 0. The summed E-state index contributed by atoms with van der Waals surface area (Å²) in [7, 11) is 0. The lowest BCUT2D eigenvalue weighted by atomic mass is 10.0. The van der Waals surface area contributed by atoms with E-state index in [9.17, 15) is 18.7 Å². The molecule has 0 amide bonds. The van der Waals surface area contributed by atoms with Gasteiger partial charge in [0.05, 0.1) is 12.1 Å². The molecule has 0 unspecified atom stereocenters. The lowest BCUT2D eigenvalue weighted by Gasteiger charge is -2.10. The predicted molar refractivity (Wildman–Crippen MR) is 109 cm³/mol. The normalized spacial score (nSPS) is 11.6. The van der Waals surface area contributed by atoms with E-state index in [1.807, 2.05) is 19.1 Å². The Bertz CT molecular complexity index is 1020. The average Bonchev–Trinajstić information content (AvgIpc) is 3.12. The number of rotatable bonds is 9. The van der Waals surface area contributed by atoms with Crippen molar-refractivity contribution in [2.24, 2.45) is 0 Å². The quantitative estimate of drug-likeness (QED) is 0.537. The van der Waals surface area contributed by atoms with Crippen molar-refractivity contribution in [1.29, 1.82) is 0 Å². The summed E-state index contributed by atoms with van der Waals surface area (Å²) in [6.07, 6.45) is 4.26. The lowest BCUT2D eigenvalue weighted by Crippen LogP contribution is -2.15. The molecule has 0 aliphatic heterocycles. The van der Waals surface area contributed by atoms with Crippen molar-refractivity contribution >= 4 is 5.97 Å². The minimum Gasteiger partial charge on any atom is -0.478 e. The number of halogens is 2. The fourth-order valence-corrected chi connectivity index (χ4v) is 3.27. The molecule has 6 nitrogen and oxygen atoms in total. The second kappa shape index (κ2) is 9.11. The molecular formula is C22H24F2N4O2. The molecule has 1 aromatic carbocycles. The topological polar surface area (TPSA) is 80.9 Å². The fraction of sp³-hybridized carbons (Fsp3) is 0.364. The molecule has 30 heavy (non-hydrogen) atoms. The number of carboxylic acid groups (broad SMARTS) is 1. The average molecular weight is 414 g/mol. The summed E-state index contributed by atoms with van der Waals surface area (Å²) in [5, 5.41) is 13.4. The number of pyridine rings is 1. The summed E-state index contributed by atoms with van der Waals surface area (Å²) in [5.41, 5.74) is 2.28. The van der Waals surface area contributed by atoms with Gasteiger partial charge in [0.15, 0.2) is 0 Å². The Kier molecular flexibility index (Phi) is 6.54. The number of carboxylic acids is 1. The molecule has 0 saturated carbocycles. The number of aromatic nitrogens is 4. The van der Waals surface area contributed by atoms with Crippen LogP contribution in [0.25, 0.3) is 11.1 Å². The Morgan fingerprint density at radius 3 is 2.50 bits per heavy atom. The zero-order valence-corrected chi connectivity index (χ0v) is 17.0. The summed E-state index contributed by atoms with van der Waals surface area (Å²) in [6, 6.07) is 8.93. The second-order valence-corrected chi connectivity index (χ2v) is 7.14. The van der Waals surface area contributed by atoms with Crippen molar-refractivity contribution < 1.29 is 18.7 Å². The molecule has 158 valence electrons. The van der Waals surface area contributed by atoms with Gasteiger partial charge >= 0.3 is 11.9 Å². The van der Waals surface area contributed by atoms with E-state index in [1.165, 1.54) is 10.9 Å². The van der Waals surface area contributed by atoms with Crippen molar-refractivity contribution in [2.75, 3.05) is 0 Å². The van der Waals surface area contributed by atoms with Gasteiger partial charge in [-0.1, -0.05) is 38.1 Å². The number of nitrogens with zero attached hydrogens (tertiary/aromatic N) is 4. The molecule has 0 atom stereocenters. The van der Waals surface area contributed by atoms with Crippen molar-refractivity contribution in [3.8, 4) is 11.1 Å². The fourth-order valence-electron chi connectivity index (χ4n) is 3.27.